The monoisotopic (exact) mass is 430 g/mol. The van der Waals surface area contributed by atoms with Crippen molar-refractivity contribution in [3.8, 4) is 0 Å². The Labute approximate surface area is 188 Å². The van der Waals surface area contributed by atoms with Crippen molar-refractivity contribution in [1.29, 1.82) is 0 Å². The highest BCUT2D eigenvalue weighted by atomic mass is 16.5. The topological polar surface area (TPSA) is 104 Å². The molecule has 0 amide bonds. The lowest BCUT2D eigenvalue weighted by Gasteiger charge is -2.23. The Kier molecular flexibility index (Phi) is 16.6. The van der Waals surface area contributed by atoms with E-state index in [1.54, 1.807) is 0 Å². The SMILES string of the molecule is CCCCCCCCCCCCC/C=C/[C@@H](OCc1ccccc1)[C@@H](N)C(O)N=[N+]=[N-]. The van der Waals surface area contributed by atoms with Crippen LogP contribution in [-0.4, -0.2) is 23.5 Å². The van der Waals surface area contributed by atoms with E-state index in [0.717, 1.165) is 18.4 Å². The van der Waals surface area contributed by atoms with E-state index in [-0.39, 0.29) is 0 Å². The predicted molar refractivity (Wildman–Crippen MR) is 128 cm³/mol. The molecule has 0 saturated carbocycles. The number of nitrogens with two attached hydrogens (primary N) is 1. The van der Waals surface area contributed by atoms with E-state index < -0.39 is 18.4 Å². The van der Waals surface area contributed by atoms with Gasteiger partial charge < -0.3 is 15.6 Å². The third-order valence-electron chi connectivity index (χ3n) is 5.48. The van der Waals surface area contributed by atoms with Crippen LogP contribution in [0.25, 0.3) is 10.4 Å². The lowest BCUT2D eigenvalue weighted by atomic mass is 10.0. The molecule has 3 atom stereocenters. The van der Waals surface area contributed by atoms with Crippen LogP contribution in [0.2, 0.25) is 0 Å². The highest BCUT2D eigenvalue weighted by molar-refractivity contribution is 5.13. The Morgan fingerprint density at radius 1 is 1.00 bits per heavy atom. The number of benzene rings is 1. The Morgan fingerprint density at radius 2 is 1.58 bits per heavy atom. The molecule has 0 spiro atoms. The molecule has 1 unspecified atom stereocenters. The minimum Gasteiger partial charge on any atom is -0.385 e. The van der Waals surface area contributed by atoms with Gasteiger partial charge in [-0.2, -0.15) is 0 Å². The van der Waals surface area contributed by atoms with E-state index in [1.165, 1.54) is 64.2 Å². The summed E-state index contributed by atoms with van der Waals surface area (Å²) in [7, 11) is 0. The van der Waals surface area contributed by atoms with Crippen molar-refractivity contribution in [3.63, 3.8) is 0 Å². The van der Waals surface area contributed by atoms with Gasteiger partial charge in [0, 0.05) is 4.91 Å². The highest BCUT2D eigenvalue weighted by Crippen LogP contribution is 2.14. The fraction of sp³-hybridized carbons (Fsp3) is 0.680. The summed E-state index contributed by atoms with van der Waals surface area (Å²) in [5.74, 6) is 0. The molecule has 0 aliphatic carbocycles. The van der Waals surface area contributed by atoms with Crippen LogP contribution in [0.15, 0.2) is 47.6 Å². The summed E-state index contributed by atoms with van der Waals surface area (Å²) < 4.78 is 5.91. The van der Waals surface area contributed by atoms with Gasteiger partial charge in [0.15, 0.2) is 6.23 Å². The molecule has 0 aliphatic rings. The summed E-state index contributed by atoms with van der Waals surface area (Å²) in [4.78, 5) is 2.64. The maximum Gasteiger partial charge on any atom is 0.150 e. The number of unbranched alkanes of at least 4 members (excludes halogenated alkanes) is 11. The number of allylic oxidation sites excluding steroid dienone is 1. The largest absolute Gasteiger partial charge is 0.385 e. The number of rotatable bonds is 19. The molecule has 6 heteroatoms. The molecule has 0 saturated heterocycles. The number of aliphatic hydroxyl groups is 1. The van der Waals surface area contributed by atoms with Crippen LogP contribution in [0.1, 0.15) is 89.5 Å². The molecule has 0 fully saturated rings. The highest BCUT2D eigenvalue weighted by Gasteiger charge is 2.22. The Balaban J connectivity index is 2.27. The minimum atomic E-state index is -1.32. The third-order valence-corrected chi connectivity index (χ3v) is 5.48. The van der Waals surface area contributed by atoms with Gasteiger partial charge in [0.05, 0.1) is 18.8 Å². The first-order valence-electron chi connectivity index (χ1n) is 12.0. The molecule has 6 nitrogen and oxygen atoms in total. The van der Waals surface area contributed by atoms with Gasteiger partial charge in [-0.1, -0.05) is 119 Å². The maximum absolute atomic E-state index is 9.93. The summed E-state index contributed by atoms with van der Waals surface area (Å²) in [6, 6.07) is 8.98. The van der Waals surface area contributed by atoms with Gasteiger partial charge in [0.2, 0.25) is 0 Å². The van der Waals surface area contributed by atoms with E-state index in [4.69, 9.17) is 16.0 Å². The molecule has 1 aromatic carbocycles. The van der Waals surface area contributed by atoms with Crippen molar-refractivity contribution >= 4 is 0 Å². The van der Waals surface area contributed by atoms with Gasteiger partial charge >= 0.3 is 0 Å². The van der Waals surface area contributed by atoms with Crippen LogP contribution in [0.4, 0.5) is 0 Å². The molecule has 0 aromatic heterocycles. The average Bonchev–Trinajstić information content (AvgIpc) is 2.79. The van der Waals surface area contributed by atoms with E-state index in [2.05, 4.69) is 23.0 Å². The van der Waals surface area contributed by atoms with Crippen molar-refractivity contribution < 1.29 is 9.84 Å². The molecule has 174 valence electrons. The van der Waals surface area contributed by atoms with Gasteiger partial charge in [-0.05, 0) is 23.9 Å². The Hall–Kier alpha value is -1.85. The fourth-order valence-electron chi connectivity index (χ4n) is 3.52. The molecule has 1 aromatic rings. The molecule has 0 aliphatic heterocycles. The number of hydrogen-bond acceptors (Lipinski definition) is 4. The molecule has 0 bridgehead atoms. The summed E-state index contributed by atoms with van der Waals surface area (Å²) in [5, 5.41) is 13.2. The number of ether oxygens (including phenoxy) is 1. The van der Waals surface area contributed by atoms with Crippen molar-refractivity contribution in [2.75, 3.05) is 0 Å². The maximum atomic E-state index is 9.93. The van der Waals surface area contributed by atoms with Crippen molar-refractivity contribution in [3.05, 3.63) is 58.5 Å². The van der Waals surface area contributed by atoms with Crippen molar-refractivity contribution in [2.24, 2.45) is 10.8 Å². The summed E-state index contributed by atoms with van der Waals surface area (Å²) in [6.07, 6.45) is 17.6. The average molecular weight is 431 g/mol. The van der Waals surface area contributed by atoms with Gasteiger partial charge in [-0.25, -0.2) is 0 Å². The fourth-order valence-corrected chi connectivity index (χ4v) is 3.52. The zero-order valence-electron chi connectivity index (χ0n) is 19.2. The van der Waals surface area contributed by atoms with Crippen LogP contribution >= 0.6 is 0 Å². The minimum absolute atomic E-state index is 0.380. The summed E-state index contributed by atoms with van der Waals surface area (Å²) >= 11 is 0. The number of aliphatic hydroxyl groups excluding tert-OH is 1. The van der Waals surface area contributed by atoms with Crippen LogP contribution in [0, 0.1) is 0 Å². The zero-order chi connectivity index (χ0) is 22.6. The summed E-state index contributed by atoms with van der Waals surface area (Å²) in [5.41, 5.74) is 15.7. The van der Waals surface area contributed by atoms with Crippen LogP contribution in [0.5, 0.6) is 0 Å². The van der Waals surface area contributed by atoms with Gasteiger partial charge in [-0.3, -0.25) is 0 Å². The number of hydrogen-bond donors (Lipinski definition) is 2. The van der Waals surface area contributed by atoms with Crippen LogP contribution in [0.3, 0.4) is 0 Å². The van der Waals surface area contributed by atoms with E-state index >= 15 is 0 Å². The van der Waals surface area contributed by atoms with Crippen LogP contribution in [-0.2, 0) is 11.3 Å². The van der Waals surface area contributed by atoms with E-state index in [1.807, 2.05) is 36.4 Å². The third kappa shape index (κ3) is 13.9. The standard InChI is InChI=1S/C25H42N4O2/c1-2-3-4-5-6-7-8-9-10-11-12-13-17-20-23(24(26)25(30)28-29-27)31-21-22-18-15-14-16-19-22/h14-20,23-25,30H,2-13,21,26H2,1H3/b20-17+/t23-,24-,25?/m1/s1. The van der Waals surface area contributed by atoms with E-state index in [9.17, 15) is 5.11 Å². The number of nitrogens with zero attached hydrogens (tertiary/aromatic N) is 3. The first-order chi connectivity index (χ1) is 15.2. The quantitative estimate of drug-likeness (QED) is 0.0830. The Morgan fingerprint density at radius 3 is 2.16 bits per heavy atom. The smallest absolute Gasteiger partial charge is 0.150 e. The second kappa shape index (κ2) is 18.9. The zero-order valence-corrected chi connectivity index (χ0v) is 19.2. The van der Waals surface area contributed by atoms with Crippen molar-refractivity contribution in [1.82, 2.24) is 0 Å². The Bertz CT molecular complexity index is 617. The van der Waals surface area contributed by atoms with Gasteiger partial charge in [0.1, 0.15) is 0 Å². The lowest BCUT2D eigenvalue weighted by Crippen LogP contribution is -2.44. The molecule has 0 radical (unpaired) electrons. The lowest BCUT2D eigenvalue weighted by molar-refractivity contribution is 0.0152. The van der Waals surface area contributed by atoms with E-state index in [0.29, 0.717) is 6.61 Å². The van der Waals surface area contributed by atoms with Crippen LogP contribution < -0.4 is 5.73 Å². The first-order valence-corrected chi connectivity index (χ1v) is 12.0. The molecule has 0 heterocycles. The number of azide groups is 1. The summed E-state index contributed by atoms with van der Waals surface area (Å²) in [6.45, 7) is 2.64. The van der Waals surface area contributed by atoms with Gasteiger partial charge in [-0.15, -0.1) is 0 Å². The molecular weight excluding hydrogens is 388 g/mol. The second-order valence-corrected chi connectivity index (χ2v) is 8.21. The van der Waals surface area contributed by atoms with Crippen molar-refractivity contribution in [2.45, 2.75) is 109 Å². The normalized spacial score (nSPS) is 14.3. The molecule has 3 N–H and O–H groups in total. The first kappa shape index (κ1) is 27.2. The molecular formula is C25H42N4O2. The second-order valence-electron chi connectivity index (χ2n) is 8.21. The van der Waals surface area contributed by atoms with Gasteiger partial charge in [0.25, 0.3) is 0 Å². The molecule has 31 heavy (non-hydrogen) atoms. The predicted octanol–water partition coefficient (Wildman–Crippen LogP) is 6.79. The molecule has 1 rings (SSSR count).